The quantitative estimate of drug-likeness (QED) is 0.530. The van der Waals surface area contributed by atoms with E-state index in [2.05, 4.69) is 9.72 Å². The van der Waals surface area contributed by atoms with Crippen LogP contribution in [0.25, 0.3) is 22.0 Å². The summed E-state index contributed by atoms with van der Waals surface area (Å²) in [4.78, 5) is 16.2. The van der Waals surface area contributed by atoms with E-state index in [1.807, 2.05) is 13.8 Å². The van der Waals surface area contributed by atoms with E-state index in [-0.39, 0.29) is 12.3 Å². The molecule has 0 aliphatic carbocycles. The van der Waals surface area contributed by atoms with E-state index in [1.54, 1.807) is 24.3 Å². The van der Waals surface area contributed by atoms with Crippen molar-refractivity contribution in [2.45, 2.75) is 32.5 Å². The Morgan fingerprint density at radius 3 is 2.55 bits per heavy atom. The van der Waals surface area contributed by atoms with Gasteiger partial charge in [-0.05, 0) is 52.9 Å². The molecule has 1 N–H and O–H groups in total. The van der Waals surface area contributed by atoms with Gasteiger partial charge in [-0.15, -0.1) is 13.2 Å². The summed E-state index contributed by atoms with van der Waals surface area (Å²) >= 11 is 6.14. The van der Waals surface area contributed by atoms with Gasteiger partial charge in [0.25, 0.3) is 0 Å². The smallest absolute Gasteiger partial charge is 0.481 e. The van der Waals surface area contributed by atoms with Gasteiger partial charge in [0, 0.05) is 16.1 Å². The predicted octanol–water partition coefficient (Wildman–Crippen LogP) is 6.20. The molecule has 0 atom stereocenters. The maximum Gasteiger partial charge on any atom is 0.573 e. The molecule has 8 heteroatoms. The Hall–Kier alpha value is -2.80. The van der Waals surface area contributed by atoms with E-state index in [1.165, 1.54) is 18.2 Å². The molecule has 4 nitrogen and oxygen atoms in total. The first-order valence-electron chi connectivity index (χ1n) is 8.75. The summed E-state index contributed by atoms with van der Waals surface area (Å²) in [6, 6.07) is 10.4. The Labute approximate surface area is 169 Å². The summed E-state index contributed by atoms with van der Waals surface area (Å²) in [7, 11) is 0. The maximum absolute atomic E-state index is 12.7. The second-order valence-electron chi connectivity index (χ2n) is 6.81. The van der Waals surface area contributed by atoms with Crippen LogP contribution in [0.5, 0.6) is 5.75 Å². The molecule has 0 aliphatic rings. The summed E-state index contributed by atoms with van der Waals surface area (Å²) in [5, 5.41) is 10.4. The molecule has 0 fully saturated rings. The van der Waals surface area contributed by atoms with E-state index >= 15 is 0 Å². The van der Waals surface area contributed by atoms with Gasteiger partial charge in [0.1, 0.15) is 5.75 Å². The highest BCUT2D eigenvalue weighted by Gasteiger charge is 2.31. The molecule has 1 heterocycles. The Bertz CT molecular complexity index is 1080. The monoisotopic (exact) mass is 423 g/mol. The van der Waals surface area contributed by atoms with Gasteiger partial charge in [-0.25, -0.2) is 0 Å². The number of alkyl halides is 3. The minimum Gasteiger partial charge on any atom is -0.481 e. The van der Waals surface area contributed by atoms with Crippen molar-refractivity contribution in [2.75, 3.05) is 0 Å². The van der Waals surface area contributed by atoms with Crippen molar-refractivity contribution < 1.29 is 27.8 Å². The summed E-state index contributed by atoms with van der Waals surface area (Å²) in [5.41, 5.74) is 2.45. The van der Waals surface area contributed by atoms with Gasteiger partial charge in [0.2, 0.25) is 0 Å². The fourth-order valence-electron chi connectivity index (χ4n) is 3.28. The molecule has 0 saturated carbocycles. The van der Waals surface area contributed by atoms with E-state index in [4.69, 9.17) is 11.6 Å². The topological polar surface area (TPSA) is 59.4 Å². The van der Waals surface area contributed by atoms with Gasteiger partial charge in [-0.3, -0.25) is 9.78 Å². The molecule has 1 aromatic heterocycles. The number of pyridine rings is 1. The standard InChI is InChI=1S/C21H17ClF3NO3/c1-11(2)20-16(10-18(27)28)19(15-9-13(22)6-7-17(15)26-20)12-4-3-5-14(8-12)29-21(23,24)25/h3-9,11H,10H2,1-2H3,(H,27,28). The van der Waals surface area contributed by atoms with Crippen LogP contribution in [0.3, 0.4) is 0 Å². The lowest BCUT2D eigenvalue weighted by atomic mass is 9.89. The van der Waals surface area contributed by atoms with Crippen molar-refractivity contribution in [3.8, 4) is 16.9 Å². The Balaban J connectivity index is 2.36. The SMILES string of the molecule is CC(C)c1nc2ccc(Cl)cc2c(-c2cccc(OC(F)(F)F)c2)c1CC(=O)O. The summed E-state index contributed by atoms with van der Waals surface area (Å²) in [6.45, 7) is 3.75. The molecule has 2 aromatic carbocycles. The zero-order valence-electron chi connectivity index (χ0n) is 15.5. The van der Waals surface area contributed by atoms with Crippen LogP contribution in [0, 0.1) is 0 Å². The van der Waals surface area contributed by atoms with Crippen molar-refractivity contribution in [3.63, 3.8) is 0 Å². The number of rotatable bonds is 5. The number of aromatic nitrogens is 1. The molecule has 29 heavy (non-hydrogen) atoms. The molecule has 152 valence electrons. The molecule has 0 aliphatic heterocycles. The number of benzene rings is 2. The molecule has 0 spiro atoms. The molecule has 0 saturated heterocycles. The second-order valence-corrected chi connectivity index (χ2v) is 7.25. The van der Waals surface area contributed by atoms with Gasteiger partial charge in [-0.2, -0.15) is 0 Å². The molecular weight excluding hydrogens is 407 g/mol. The van der Waals surface area contributed by atoms with Crippen LogP contribution < -0.4 is 4.74 Å². The summed E-state index contributed by atoms with van der Waals surface area (Å²) < 4.78 is 42.1. The summed E-state index contributed by atoms with van der Waals surface area (Å²) in [6.07, 6.45) is -5.17. The highest BCUT2D eigenvalue weighted by atomic mass is 35.5. The van der Waals surface area contributed by atoms with E-state index < -0.39 is 18.1 Å². The lowest BCUT2D eigenvalue weighted by molar-refractivity contribution is -0.274. The van der Waals surface area contributed by atoms with E-state index in [0.717, 1.165) is 0 Å². The minimum atomic E-state index is -4.84. The third-order valence-corrected chi connectivity index (χ3v) is 4.55. The van der Waals surface area contributed by atoms with Crippen LogP contribution in [-0.4, -0.2) is 22.4 Å². The van der Waals surface area contributed by atoms with E-state index in [9.17, 15) is 23.1 Å². The number of nitrogens with zero attached hydrogens (tertiary/aromatic N) is 1. The average Bonchev–Trinajstić information content (AvgIpc) is 2.59. The maximum atomic E-state index is 12.7. The Kier molecular flexibility index (Phi) is 5.71. The molecule has 3 aromatic rings. The summed E-state index contributed by atoms with van der Waals surface area (Å²) in [5.74, 6) is -1.56. The number of hydrogen-bond acceptors (Lipinski definition) is 3. The Morgan fingerprint density at radius 1 is 1.21 bits per heavy atom. The number of fused-ring (bicyclic) bond motifs is 1. The zero-order valence-corrected chi connectivity index (χ0v) is 16.3. The second kappa shape index (κ2) is 7.91. The van der Waals surface area contributed by atoms with Crippen molar-refractivity contribution in [1.29, 1.82) is 0 Å². The van der Waals surface area contributed by atoms with E-state index in [0.29, 0.717) is 38.3 Å². The molecule has 0 bridgehead atoms. The van der Waals surface area contributed by atoms with Gasteiger partial charge in [0.05, 0.1) is 11.9 Å². The molecule has 0 radical (unpaired) electrons. The first-order chi connectivity index (χ1) is 13.5. The highest BCUT2D eigenvalue weighted by Crippen LogP contribution is 2.38. The Morgan fingerprint density at radius 2 is 1.93 bits per heavy atom. The van der Waals surface area contributed by atoms with Crippen LogP contribution in [0.15, 0.2) is 42.5 Å². The number of aliphatic carboxylic acids is 1. The predicted molar refractivity (Wildman–Crippen MR) is 104 cm³/mol. The van der Waals surface area contributed by atoms with Crippen molar-refractivity contribution in [1.82, 2.24) is 4.98 Å². The number of carbonyl (C=O) groups is 1. The minimum absolute atomic E-state index is 0.0993. The first kappa shape index (κ1) is 20.9. The van der Waals surface area contributed by atoms with Crippen LogP contribution in [-0.2, 0) is 11.2 Å². The largest absolute Gasteiger partial charge is 0.573 e. The fourth-order valence-corrected chi connectivity index (χ4v) is 3.45. The van der Waals surface area contributed by atoms with Crippen LogP contribution in [0.1, 0.15) is 31.0 Å². The third-order valence-electron chi connectivity index (χ3n) is 4.31. The van der Waals surface area contributed by atoms with Crippen molar-refractivity contribution in [3.05, 3.63) is 58.7 Å². The molecule has 3 rings (SSSR count). The number of ether oxygens (including phenoxy) is 1. The van der Waals surface area contributed by atoms with Gasteiger partial charge in [-0.1, -0.05) is 37.6 Å². The number of carboxylic acids is 1. The zero-order chi connectivity index (χ0) is 21.3. The molecular formula is C21H17ClF3NO3. The first-order valence-corrected chi connectivity index (χ1v) is 9.13. The molecule has 0 unspecified atom stereocenters. The third kappa shape index (κ3) is 4.79. The molecule has 0 amide bonds. The normalized spacial score (nSPS) is 11.8. The van der Waals surface area contributed by atoms with Crippen molar-refractivity contribution in [2.24, 2.45) is 0 Å². The fraction of sp³-hybridized carbons (Fsp3) is 0.238. The number of carboxylic acid groups (broad SMARTS) is 1. The van der Waals surface area contributed by atoms with Crippen molar-refractivity contribution >= 4 is 28.5 Å². The van der Waals surface area contributed by atoms with Gasteiger partial charge in [0.15, 0.2) is 0 Å². The average molecular weight is 424 g/mol. The van der Waals surface area contributed by atoms with Crippen LogP contribution >= 0.6 is 11.6 Å². The van der Waals surface area contributed by atoms with Crippen LogP contribution in [0.4, 0.5) is 13.2 Å². The number of halogens is 4. The number of hydrogen-bond donors (Lipinski definition) is 1. The lowest BCUT2D eigenvalue weighted by Gasteiger charge is -2.19. The van der Waals surface area contributed by atoms with Crippen LogP contribution in [0.2, 0.25) is 5.02 Å². The van der Waals surface area contributed by atoms with Gasteiger partial charge < -0.3 is 9.84 Å². The lowest BCUT2D eigenvalue weighted by Crippen LogP contribution is -2.17. The van der Waals surface area contributed by atoms with Gasteiger partial charge >= 0.3 is 12.3 Å². The highest BCUT2D eigenvalue weighted by molar-refractivity contribution is 6.31.